The molecule has 1 N–H and O–H groups in total. The van der Waals surface area contributed by atoms with E-state index < -0.39 is 23.1 Å². The predicted molar refractivity (Wildman–Crippen MR) is 162 cm³/mol. The van der Waals surface area contributed by atoms with Crippen LogP contribution in [0, 0.1) is 5.41 Å². The largest absolute Gasteiger partial charge is 0.474 e. The van der Waals surface area contributed by atoms with Crippen molar-refractivity contribution < 1.29 is 27.4 Å². The van der Waals surface area contributed by atoms with Gasteiger partial charge in [-0.15, -0.1) is 10.2 Å². The number of aromatic nitrogens is 4. The van der Waals surface area contributed by atoms with Gasteiger partial charge in [-0.05, 0) is 99.6 Å². The summed E-state index contributed by atoms with van der Waals surface area (Å²) in [6.07, 6.45) is 5.65. The van der Waals surface area contributed by atoms with E-state index >= 15 is 0 Å². The zero-order valence-electron chi connectivity index (χ0n) is 26.3. The maximum Gasteiger partial charge on any atom is 0.416 e. The number of nitrogens with zero attached hydrogens (tertiary/aromatic N) is 5. The van der Waals surface area contributed by atoms with Crippen LogP contribution in [0.5, 0.6) is 5.88 Å². The molecule has 3 saturated carbocycles. The van der Waals surface area contributed by atoms with Gasteiger partial charge in [-0.25, -0.2) is 0 Å². The Morgan fingerprint density at radius 3 is 2.46 bits per heavy atom. The number of carbonyl (C=O) groups excluding carboxylic acids is 1. The highest BCUT2D eigenvalue weighted by Crippen LogP contribution is 2.62. The molecule has 9 nitrogen and oxygen atoms in total. The van der Waals surface area contributed by atoms with E-state index in [0.717, 1.165) is 69.2 Å². The van der Waals surface area contributed by atoms with E-state index in [1.807, 2.05) is 23.7 Å². The Bertz CT molecular complexity index is 1680. The Kier molecular flexibility index (Phi) is 6.82. The molecule has 4 fully saturated rings. The Hall–Kier alpha value is -3.51. The van der Waals surface area contributed by atoms with Crippen LogP contribution in [0.15, 0.2) is 30.6 Å². The van der Waals surface area contributed by atoms with Gasteiger partial charge in [-0.2, -0.15) is 18.2 Å². The monoisotopic (exact) mass is 636 g/mol. The number of hydrogen-bond donors (Lipinski definition) is 1. The number of alkyl halides is 3. The normalized spacial score (nSPS) is 22.8. The summed E-state index contributed by atoms with van der Waals surface area (Å²) in [6.45, 7) is 3.47. The molecule has 3 aliphatic carbocycles. The van der Waals surface area contributed by atoms with Crippen molar-refractivity contribution in [2.24, 2.45) is 12.5 Å². The minimum Gasteiger partial charge on any atom is -0.474 e. The fourth-order valence-electron chi connectivity index (χ4n) is 8.38. The molecular weight excluding hydrogens is 597 g/mol. The van der Waals surface area contributed by atoms with E-state index in [2.05, 4.69) is 22.4 Å². The number of carbonyl (C=O) groups is 1. The third-order valence-corrected chi connectivity index (χ3v) is 11.1. The number of nitrogens with one attached hydrogen (secondary N) is 1. The molecule has 2 aromatic heterocycles. The fraction of sp³-hybridized carbons (Fsp3) is 0.588. The molecule has 0 bridgehead atoms. The Morgan fingerprint density at radius 1 is 1.09 bits per heavy atom. The summed E-state index contributed by atoms with van der Waals surface area (Å²) >= 11 is 0. The maximum absolute atomic E-state index is 14.5. The van der Waals surface area contributed by atoms with Crippen molar-refractivity contribution >= 4 is 11.7 Å². The molecule has 4 heterocycles. The van der Waals surface area contributed by atoms with Gasteiger partial charge >= 0.3 is 6.18 Å². The van der Waals surface area contributed by atoms with Crippen molar-refractivity contribution in [3.05, 3.63) is 64.2 Å². The molecule has 1 spiro atoms. The van der Waals surface area contributed by atoms with E-state index in [-0.39, 0.29) is 47.1 Å². The summed E-state index contributed by atoms with van der Waals surface area (Å²) in [5.41, 5.74) is 0.0530. The first-order valence-corrected chi connectivity index (χ1v) is 16.4. The van der Waals surface area contributed by atoms with Crippen molar-refractivity contribution in [3.63, 3.8) is 0 Å². The van der Waals surface area contributed by atoms with Gasteiger partial charge in [0.2, 0.25) is 5.88 Å². The Balaban J connectivity index is 1.19. The van der Waals surface area contributed by atoms with Gasteiger partial charge in [0.05, 0.1) is 30.7 Å². The van der Waals surface area contributed by atoms with E-state index in [4.69, 9.17) is 14.5 Å². The first kappa shape index (κ1) is 29.9. The summed E-state index contributed by atoms with van der Waals surface area (Å²) < 4.78 is 57.4. The highest BCUT2D eigenvalue weighted by Gasteiger charge is 2.62. The van der Waals surface area contributed by atoms with E-state index in [0.29, 0.717) is 24.7 Å². The van der Waals surface area contributed by atoms with Crippen LogP contribution in [0.1, 0.15) is 103 Å². The number of hydrogen-bond acceptors (Lipinski definition) is 7. The smallest absolute Gasteiger partial charge is 0.416 e. The van der Waals surface area contributed by atoms with Gasteiger partial charge in [0.15, 0.2) is 0 Å². The zero-order chi connectivity index (χ0) is 31.9. The number of benzene rings is 1. The predicted octanol–water partition coefficient (Wildman–Crippen LogP) is 5.84. The van der Waals surface area contributed by atoms with Gasteiger partial charge in [0, 0.05) is 36.2 Å². The SMILES string of the molecule is Cn1cnnc1C1(c2cc(OC3CCCC3)nc(N3Cc4c(cc(CNC5(C)CCC5)cc4C(F)(F)F)C3=O)c2)CC2(COC2)C1. The number of pyridine rings is 1. The number of halogens is 3. The van der Waals surface area contributed by atoms with Gasteiger partial charge in [0.1, 0.15) is 24.1 Å². The van der Waals surface area contributed by atoms with Crippen LogP contribution in [0.2, 0.25) is 0 Å². The van der Waals surface area contributed by atoms with Crippen LogP contribution in [-0.2, 0) is 36.5 Å². The quantitative estimate of drug-likeness (QED) is 0.332. The zero-order valence-corrected chi connectivity index (χ0v) is 26.3. The Labute approximate surface area is 265 Å². The molecule has 3 aromatic rings. The molecule has 8 rings (SSSR count). The minimum absolute atomic E-state index is 0.00466. The van der Waals surface area contributed by atoms with Gasteiger partial charge in [0.25, 0.3) is 5.91 Å². The van der Waals surface area contributed by atoms with Crippen LogP contribution in [0.25, 0.3) is 0 Å². The molecule has 1 aromatic carbocycles. The molecule has 244 valence electrons. The second-order valence-electron chi connectivity index (χ2n) is 14.6. The number of anilines is 1. The Morgan fingerprint density at radius 2 is 1.85 bits per heavy atom. The van der Waals surface area contributed by atoms with Gasteiger partial charge in [-0.3, -0.25) is 9.69 Å². The van der Waals surface area contributed by atoms with Crippen LogP contribution in [-0.4, -0.2) is 50.5 Å². The molecule has 1 amide bonds. The van der Waals surface area contributed by atoms with Gasteiger partial charge < -0.3 is 19.4 Å². The average Bonchev–Trinajstić information content (AvgIpc) is 3.70. The molecule has 0 unspecified atom stereocenters. The van der Waals surface area contributed by atoms with E-state index in [9.17, 15) is 18.0 Å². The van der Waals surface area contributed by atoms with Gasteiger partial charge in [-0.1, -0.05) is 0 Å². The number of rotatable bonds is 8. The lowest BCUT2D eigenvalue weighted by Gasteiger charge is -2.59. The summed E-state index contributed by atoms with van der Waals surface area (Å²) in [5, 5.41) is 12.1. The minimum atomic E-state index is -4.61. The fourth-order valence-corrected chi connectivity index (χ4v) is 8.38. The topological polar surface area (TPSA) is 94.4 Å². The third-order valence-electron chi connectivity index (χ3n) is 11.1. The van der Waals surface area contributed by atoms with E-state index in [1.54, 1.807) is 12.4 Å². The standard InChI is InChI=1S/C34H39F3N6O3/c1-31(8-5-9-31)38-14-21-10-24-25(26(11-21)34(35,36)37)15-43(29(24)44)27-12-22(13-28(40-27)46-23-6-3-4-7-23)33(30-41-39-20-42(30)2)16-32(17-33)18-45-19-32/h10-13,20,23,38H,3-9,14-19H2,1-2H3. The molecule has 0 radical (unpaired) electrons. The lowest BCUT2D eigenvalue weighted by Crippen LogP contribution is -2.60. The van der Waals surface area contributed by atoms with Crippen LogP contribution >= 0.6 is 0 Å². The van der Waals surface area contributed by atoms with Crippen molar-refractivity contribution in [2.45, 2.75) is 101 Å². The average molecular weight is 637 g/mol. The molecular formula is C34H39F3N6O3. The van der Waals surface area contributed by atoms with E-state index in [1.165, 1.54) is 11.0 Å². The van der Waals surface area contributed by atoms with Crippen molar-refractivity contribution in [2.75, 3.05) is 18.1 Å². The lowest BCUT2D eigenvalue weighted by atomic mass is 9.49. The number of amides is 1. The molecule has 46 heavy (non-hydrogen) atoms. The molecule has 2 aliphatic heterocycles. The summed E-state index contributed by atoms with van der Waals surface area (Å²) in [7, 11) is 1.91. The maximum atomic E-state index is 14.5. The highest BCUT2D eigenvalue weighted by atomic mass is 19.4. The lowest BCUT2D eigenvalue weighted by molar-refractivity contribution is -0.182. The van der Waals surface area contributed by atoms with Crippen molar-refractivity contribution in [1.29, 1.82) is 0 Å². The number of ether oxygens (including phenoxy) is 2. The van der Waals surface area contributed by atoms with Crippen molar-refractivity contribution in [3.8, 4) is 5.88 Å². The van der Waals surface area contributed by atoms with Crippen LogP contribution in [0.3, 0.4) is 0 Å². The second kappa shape index (κ2) is 10.5. The molecule has 12 heteroatoms. The first-order valence-electron chi connectivity index (χ1n) is 16.4. The molecule has 5 aliphatic rings. The number of aryl methyl sites for hydroxylation is 1. The molecule has 0 atom stereocenters. The summed E-state index contributed by atoms with van der Waals surface area (Å²) in [4.78, 5) is 20.2. The summed E-state index contributed by atoms with van der Waals surface area (Å²) in [6, 6.07) is 6.60. The van der Waals surface area contributed by atoms with Crippen LogP contribution < -0.4 is 15.0 Å². The second-order valence-corrected chi connectivity index (χ2v) is 14.6. The first-order chi connectivity index (χ1) is 22.0. The summed E-state index contributed by atoms with van der Waals surface area (Å²) in [5.74, 6) is 0.972. The van der Waals surface area contributed by atoms with Crippen LogP contribution in [0.4, 0.5) is 19.0 Å². The molecule has 1 saturated heterocycles. The number of fused-ring (bicyclic) bond motifs is 1. The highest BCUT2D eigenvalue weighted by molar-refractivity contribution is 6.10. The third kappa shape index (κ3) is 4.90. The van der Waals surface area contributed by atoms with Crippen molar-refractivity contribution in [1.82, 2.24) is 25.1 Å².